The second-order valence-corrected chi connectivity index (χ2v) is 4.85. The average Bonchev–Trinajstić information content (AvgIpc) is 2.64. The highest BCUT2D eigenvalue weighted by atomic mass is 16.3. The van der Waals surface area contributed by atoms with Gasteiger partial charge in [-0.25, -0.2) is 0 Å². The fourth-order valence-electron chi connectivity index (χ4n) is 2.84. The van der Waals surface area contributed by atoms with Crippen LogP contribution in [0.15, 0.2) is 36.9 Å². The summed E-state index contributed by atoms with van der Waals surface area (Å²) in [5, 5.41) is 14.8. The summed E-state index contributed by atoms with van der Waals surface area (Å²) in [4.78, 5) is 3.47. The third kappa shape index (κ3) is 1.76. The Morgan fingerprint density at radius 2 is 2.22 bits per heavy atom. The van der Waals surface area contributed by atoms with Crippen molar-refractivity contribution in [3.63, 3.8) is 0 Å². The number of aliphatic hydroxyl groups excluding tert-OH is 1. The molecule has 1 aliphatic heterocycles. The lowest BCUT2D eigenvalue weighted by atomic mass is 9.95. The van der Waals surface area contributed by atoms with E-state index in [2.05, 4.69) is 35.1 Å². The first-order valence-electron chi connectivity index (χ1n) is 6.42. The van der Waals surface area contributed by atoms with Crippen molar-refractivity contribution >= 4 is 10.9 Å². The van der Waals surface area contributed by atoms with E-state index in [0.717, 1.165) is 30.7 Å². The number of para-hydroxylation sites is 1. The molecule has 3 nitrogen and oxygen atoms in total. The summed E-state index contributed by atoms with van der Waals surface area (Å²) < 4.78 is 0. The molecule has 2 aromatic rings. The minimum Gasteiger partial charge on any atom is -0.388 e. The van der Waals surface area contributed by atoms with E-state index >= 15 is 0 Å². The molecule has 0 bridgehead atoms. The summed E-state index contributed by atoms with van der Waals surface area (Å²) in [6.45, 7) is 5.44. The topological polar surface area (TPSA) is 48.0 Å². The lowest BCUT2D eigenvalue weighted by Crippen LogP contribution is -2.27. The van der Waals surface area contributed by atoms with E-state index in [4.69, 9.17) is 0 Å². The Morgan fingerprint density at radius 3 is 3.06 bits per heavy atom. The molecule has 3 rings (SSSR count). The largest absolute Gasteiger partial charge is 0.388 e. The van der Waals surface area contributed by atoms with Crippen molar-refractivity contribution < 1.29 is 5.11 Å². The number of benzene rings is 1. The monoisotopic (exact) mass is 242 g/mol. The van der Waals surface area contributed by atoms with Crippen molar-refractivity contribution in [3.05, 3.63) is 48.2 Å². The Balaban J connectivity index is 2.17. The molecule has 0 saturated carbocycles. The fraction of sp³-hybridized carbons (Fsp3) is 0.333. The minimum atomic E-state index is -0.512. The van der Waals surface area contributed by atoms with Gasteiger partial charge in [-0.1, -0.05) is 24.3 Å². The summed E-state index contributed by atoms with van der Waals surface area (Å²) in [6.07, 6.45) is 2.11. The van der Waals surface area contributed by atoms with Crippen LogP contribution in [0.5, 0.6) is 0 Å². The number of hydrogen-bond acceptors (Lipinski definition) is 2. The second kappa shape index (κ2) is 4.59. The third-order valence-corrected chi connectivity index (χ3v) is 3.79. The molecule has 18 heavy (non-hydrogen) atoms. The van der Waals surface area contributed by atoms with Gasteiger partial charge < -0.3 is 15.4 Å². The normalized spacial score (nSPS) is 21.3. The van der Waals surface area contributed by atoms with Gasteiger partial charge in [-0.3, -0.25) is 0 Å². The van der Waals surface area contributed by atoms with E-state index in [1.54, 1.807) is 6.08 Å². The zero-order valence-electron chi connectivity index (χ0n) is 10.3. The molecular weight excluding hydrogens is 224 g/mol. The molecule has 3 N–H and O–H groups in total. The Hall–Kier alpha value is -1.58. The van der Waals surface area contributed by atoms with Crippen molar-refractivity contribution in [3.8, 4) is 0 Å². The highest BCUT2D eigenvalue weighted by Gasteiger charge is 2.26. The first-order valence-corrected chi connectivity index (χ1v) is 6.42. The van der Waals surface area contributed by atoms with Crippen LogP contribution in [0.3, 0.4) is 0 Å². The molecule has 3 heteroatoms. The molecule has 1 aromatic heterocycles. The van der Waals surface area contributed by atoms with Crippen LogP contribution in [0.1, 0.15) is 17.2 Å². The maximum absolute atomic E-state index is 10.1. The zero-order chi connectivity index (χ0) is 12.5. The molecule has 0 amide bonds. The van der Waals surface area contributed by atoms with E-state index in [0.29, 0.717) is 0 Å². The van der Waals surface area contributed by atoms with Crippen molar-refractivity contribution in [2.24, 2.45) is 0 Å². The van der Waals surface area contributed by atoms with E-state index in [9.17, 15) is 5.11 Å². The third-order valence-electron chi connectivity index (χ3n) is 3.79. The fourth-order valence-corrected chi connectivity index (χ4v) is 2.84. The molecule has 0 spiro atoms. The van der Waals surface area contributed by atoms with E-state index in [-0.39, 0.29) is 5.92 Å². The molecule has 0 aliphatic carbocycles. The van der Waals surface area contributed by atoms with E-state index in [1.807, 2.05) is 6.07 Å². The molecule has 2 atom stereocenters. The number of nitrogens with one attached hydrogen (secondary N) is 2. The average molecular weight is 242 g/mol. The first kappa shape index (κ1) is 11.5. The van der Waals surface area contributed by atoms with Gasteiger partial charge in [0.25, 0.3) is 0 Å². The molecule has 0 radical (unpaired) electrons. The van der Waals surface area contributed by atoms with Gasteiger partial charge in [0.2, 0.25) is 0 Å². The van der Waals surface area contributed by atoms with Gasteiger partial charge in [0.1, 0.15) is 0 Å². The van der Waals surface area contributed by atoms with Crippen molar-refractivity contribution in [2.75, 3.05) is 13.1 Å². The second-order valence-electron chi connectivity index (χ2n) is 4.85. The van der Waals surface area contributed by atoms with Gasteiger partial charge in [-0.05, 0) is 24.6 Å². The summed E-state index contributed by atoms with van der Waals surface area (Å²) in [5.41, 5.74) is 3.65. The molecule has 1 aromatic carbocycles. The lowest BCUT2D eigenvalue weighted by molar-refractivity contribution is 0.188. The highest BCUT2D eigenvalue weighted by molar-refractivity contribution is 5.85. The van der Waals surface area contributed by atoms with E-state index in [1.165, 1.54) is 10.9 Å². The Labute approximate surface area is 107 Å². The maximum atomic E-state index is 10.1. The van der Waals surface area contributed by atoms with Gasteiger partial charge in [0.05, 0.1) is 6.10 Å². The molecule has 0 saturated heterocycles. The number of H-pyrrole nitrogens is 1. The molecule has 94 valence electrons. The molecule has 0 fully saturated rings. The van der Waals surface area contributed by atoms with Crippen molar-refractivity contribution in [1.82, 2.24) is 10.3 Å². The smallest absolute Gasteiger partial charge is 0.0813 e. The Bertz CT molecular complexity index is 573. The van der Waals surface area contributed by atoms with Crippen LogP contribution in [0.25, 0.3) is 10.9 Å². The van der Waals surface area contributed by atoms with Gasteiger partial charge in [0, 0.05) is 29.1 Å². The molecule has 1 aliphatic rings. The van der Waals surface area contributed by atoms with Crippen LogP contribution in [-0.4, -0.2) is 29.3 Å². The molecule has 2 unspecified atom stereocenters. The molecular formula is C15H18N2O. The van der Waals surface area contributed by atoms with Gasteiger partial charge in [0.15, 0.2) is 0 Å². The summed E-state index contributed by atoms with van der Waals surface area (Å²) in [6, 6.07) is 8.34. The predicted molar refractivity (Wildman–Crippen MR) is 73.8 cm³/mol. The standard InChI is InChI=1S/C15H18N2O/c1-2-14(18)12-9-16-8-7-11-10-5-3-4-6-13(10)17-15(11)12/h2-6,12,14,16-18H,1,7-9H2. The van der Waals surface area contributed by atoms with Crippen LogP contribution in [0.4, 0.5) is 0 Å². The van der Waals surface area contributed by atoms with Gasteiger partial charge in [-0.15, -0.1) is 6.58 Å². The first-order chi connectivity index (χ1) is 8.81. The van der Waals surface area contributed by atoms with Crippen LogP contribution >= 0.6 is 0 Å². The maximum Gasteiger partial charge on any atom is 0.0813 e. The summed E-state index contributed by atoms with van der Waals surface area (Å²) in [7, 11) is 0. The van der Waals surface area contributed by atoms with Crippen LogP contribution in [-0.2, 0) is 6.42 Å². The predicted octanol–water partition coefficient (Wildman–Crippen LogP) is 1.94. The number of aliphatic hydroxyl groups is 1. The minimum absolute atomic E-state index is 0.0624. The number of aromatic nitrogens is 1. The van der Waals surface area contributed by atoms with Gasteiger partial charge in [-0.2, -0.15) is 0 Å². The zero-order valence-corrected chi connectivity index (χ0v) is 10.3. The summed E-state index contributed by atoms with van der Waals surface area (Å²) in [5.74, 6) is 0.0624. The van der Waals surface area contributed by atoms with Crippen LogP contribution < -0.4 is 5.32 Å². The number of hydrogen-bond donors (Lipinski definition) is 3. The quantitative estimate of drug-likeness (QED) is 0.705. The van der Waals surface area contributed by atoms with Gasteiger partial charge >= 0.3 is 0 Å². The Morgan fingerprint density at radius 1 is 1.39 bits per heavy atom. The SMILES string of the molecule is C=CC(O)C1CNCCc2c1[nH]c1ccccc21. The van der Waals surface area contributed by atoms with Crippen LogP contribution in [0.2, 0.25) is 0 Å². The summed E-state index contributed by atoms with van der Waals surface area (Å²) >= 11 is 0. The Kier molecular flexibility index (Phi) is 2.94. The number of fused-ring (bicyclic) bond motifs is 3. The number of aromatic amines is 1. The molecule has 2 heterocycles. The number of rotatable bonds is 2. The van der Waals surface area contributed by atoms with Crippen molar-refractivity contribution in [1.29, 1.82) is 0 Å². The van der Waals surface area contributed by atoms with Crippen molar-refractivity contribution in [2.45, 2.75) is 18.4 Å². The van der Waals surface area contributed by atoms with Crippen LogP contribution in [0, 0.1) is 0 Å². The lowest BCUT2D eigenvalue weighted by Gasteiger charge is -2.18. The van der Waals surface area contributed by atoms with E-state index < -0.39 is 6.10 Å². The highest BCUT2D eigenvalue weighted by Crippen LogP contribution is 2.31.